The quantitative estimate of drug-likeness (QED) is 0.822. The second kappa shape index (κ2) is 5.09. The summed E-state index contributed by atoms with van der Waals surface area (Å²) in [7, 11) is 0. The van der Waals surface area contributed by atoms with E-state index in [0.29, 0.717) is 12.5 Å². The third-order valence-electron chi connectivity index (χ3n) is 2.89. The molecule has 2 rings (SSSR count). The minimum absolute atomic E-state index is 0.278. The van der Waals surface area contributed by atoms with Gasteiger partial charge < -0.3 is 14.4 Å². The molecule has 1 aromatic rings. The van der Waals surface area contributed by atoms with Gasteiger partial charge in [-0.25, -0.2) is 4.79 Å². The van der Waals surface area contributed by atoms with Crippen molar-refractivity contribution in [2.45, 2.75) is 19.4 Å². The van der Waals surface area contributed by atoms with Gasteiger partial charge in [-0.15, -0.1) is 0 Å². The molecular weight excluding hydrogens is 224 g/mol. The lowest BCUT2D eigenvalue weighted by molar-refractivity contribution is 0.0607. The van der Waals surface area contributed by atoms with Crippen molar-refractivity contribution < 1.29 is 14.6 Å². The van der Waals surface area contributed by atoms with E-state index >= 15 is 0 Å². The lowest BCUT2D eigenvalue weighted by Crippen LogP contribution is -2.24. The Hall–Kier alpha value is -1.69. The number of hydrogen-bond acceptors (Lipinski definition) is 4. The van der Waals surface area contributed by atoms with Gasteiger partial charge in [0, 0.05) is 26.0 Å². The maximum absolute atomic E-state index is 11.2. The molecule has 1 N–H and O–H groups in total. The molecule has 0 unspecified atom stereocenters. The molecule has 1 saturated heterocycles. The number of carboxylic acids is 1. The van der Waals surface area contributed by atoms with E-state index in [1.807, 2.05) is 0 Å². The van der Waals surface area contributed by atoms with Crippen LogP contribution >= 0.6 is 0 Å². The van der Waals surface area contributed by atoms with Gasteiger partial charge in [-0.05, 0) is 18.8 Å². The van der Waals surface area contributed by atoms with Crippen molar-refractivity contribution in [1.29, 1.82) is 0 Å². The molecule has 6 nitrogen and oxygen atoms in total. The van der Waals surface area contributed by atoms with Crippen molar-refractivity contribution in [1.82, 2.24) is 9.55 Å². The van der Waals surface area contributed by atoms with E-state index < -0.39 is 11.5 Å². The molecule has 17 heavy (non-hydrogen) atoms. The molecular formula is C11H14N2O4. The SMILES string of the molecule is O=C(O)c1cn(CC2CCOCC2)cnc1=O. The molecule has 2 heterocycles. The zero-order chi connectivity index (χ0) is 12.3. The zero-order valence-electron chi connectivity index (χ0n) is 9.33. The maximum Gasteiger partial charge on any atom is 0.342 e. The molecule has 1 fully saturated rings. The maximum atomic E-state index is 11.2. The summed E-state index contributed by atoms with van der Waals surface area (Å²) >= 11 is 0. The Labute approximate surface area is 97.9 Å². The van der Waals surface area contributed by atoms with Crippen LogP contribution in [-0.4, -0.2) is 33.8 Å². The predicted molar refractivity (Wildman–Crippen MR) is 59.0 cm³/mol. The standard InChI is InChI=1S/C11H14N2O4/c14-10-9(11(15)16)6-13(7-12-10)5-8-1-3-17-4-2-8/h6-8H,1-5H2,(H,15,16). The highest BCUT2D eigenvalue weighted by Gasteiger charge is 2.15. The van der Waals surface area contributed by atoms with E-state index in [0.717, 1.165) is 26.1 Å². The van der Waals surface area contributed by atoms with Crippen LogP contribution in [0.1, 0.15) is 23.2 Å². The summed E-state index contributed by atoms with van der Waals surface area (Å²) in [6.45, 7) is 2.16. The summed E-state index contributed by atoms with van der Waals surface area (Å²) in [5.41, 5.74) is -0.972. The first-order valence-corrected chi connectivity index (χ1v) is 5.54. The van der Waals surface area contributed by atoms with E-state index in [2.05, 4.69) is 4.98 Å². The summed E-state index contributed by atoms with van der Waals surface area (Å²) in [5.74, 6) is -0.779. The fourth-order valence-electron chi connectivity index (χ4n) is 1.92. The Morgan fingerprint density at radius 2 is 2.24 bits per heavy atom. The summed E-state index contributed by atoms with van der Waals surface area (Å²) in [4.78, 5) is 25.5. The first-order chi connectivity index (χ1) is 8.16. The van der Waals surface area contributed by atoms with E-state index in [1.54, 1.807) is 4.57 Å². The second-order valence-corrected chi connectivity index (χ2v) is 4.15. The van der Waals surface area contributed by atoms with Gasteiger partial charge in [-0.2, -0.15) is 4.98 Å². The number of nitrogens with zero attached hydrogens (tertiary/aromatic N) is 2. The van der Waals surface area contributed by atoms with Gasteiger partial charge in [0.15, 0.2) is 0 Å². The summed E-state index contributed by atoms with van der Waals surface area (Å²) in [6.07, 6.45) is 4.65. The highest BCUT2D eigenvalue weighted by atomic mass is 16.5. The normalized spacial score (nSPS) is 16.9. The van der Waals surface area contributed by atoms with Crippen LogP contribution in [0.4, 0.5) is 0 Å². The summed E-state index contributed by atoms with van der Waals surface area (Å²) < 4.78 is 6.92. The molecule has 92 valence electrons. The number of aromatic carboxylic acids is 1. The molecule has 0 aromatic carbocycles. The molecule has 0 aliphatic carbocycles. The van der Waals surface area contributed by atoms with Crippen LogP contribution in [0.15, 0.2) is 17.3 Å². The third kappa shape index (κ3) is 2.91. The average molecular weight is 238 g/mol. The van der Waals surface area contributed by atoms with Gasteiger partial charge >= 0.3 is 5.97 Å². The van der Waals surface area contributed by atoms with Gasteiger partial charge in [0.2, 0.25) is 0 Å². The first-order valence-electron chi connectivity index (χ1n) is 5.54. The van der Waals surface area contributed by atoms with Crippen LogP contribution in [0, 0.1) is 5.92 Å². The Morgan fingerprint density at radius 1 is 1.53 bits per heavy atom. The molecule has 0 amide bonds. The summed E-state index contributed by atoms with van der Waals surface area (Å²) in [6, 6.07) is 0. The smallest absolute Gasteiger partial charge is 0.342 e. The number of carbonyl (C=O) groups is 1. The van der Waals surface area contributed by atoms with Crippen LogP contribution in [0.3, 0.4) is 0 Å². The van der Waals surface area contributed by atoms with Gasteiger partial charge in [0.05, 0.1) is 6.33 Å². The van der Waals surface area contributed by atoms with Crippen LogP contribution in [0.5, 0.6) is 0 Å². The van der Waals surface area contributed by atoms with Crippen LogP contribution in [0.2, 0.25) is 0 Å². The number of rotatable bonds is 3. The molecule has 6 heteroatoms. The average Bonchev–Trinajstić information content (AvgIpc) is 2.32. The third-order valence-corrected chi connectivity index (χ3v) is 2.89. The lowest BCUT2D eigenvalue weighted by Gasteiger charge is -2.22. The van der Waals surface area contributed by atoms with Crippen LogP contribution in [0.25, 0.3) is 0 Å². The van der Waals surface area contributed by atoms with Gasteiger partial charge in [-0.3, -0.25) is 4.79 Å². The van der Waals surface area contributed by atoms with Gasteiger partial charge in [0.25, 0.3) is 5.56 Å². The van der Waals surface area contributed by atoms with Gasteiger partial charge in [-0.1, -0.05) is 0 Å². The fraction of sp³-hybridized carbons (Fsp3) is 0.545. The number of hydrogen-bond donors (Lipinski definition) is 1. The van der Waals surface area contributed by atoms with Crippen LogP contribution in [-0.2, 0) is 11.3 Å². The molecule has 1 aliphatic rings. The monoisotopic (exact) mass is 238 g/mol. The fourth-order valence-corrected chi connectivity index (χ4v) is 1.92. The van der Waals surface area contributed by atoms with Crippen molar-refractivity contribution in [2.75, 3.05) is 13.2 Å². The van der Waals surface area contributed by atoms with E-state index in [4.69, 9.17) is 9.84 Å². The molecule has 1 aromatic heterocycles. The van der Waals surface area contributed by atoms with Crippen molar-refractivity contribution in [3.8, 4) is 0 Å². The molecule has 0 radical (unpaired) electrons. The number of carboxylic acid groups (broad SMARTS) is 1. The second-order valence-electron chi connectivity index (χ2n) is 4.15. The van der Waals surface area contributed by atoms with Crippen molar-refractivity contribution in [3.63, 3.8) is 0 Å². The minimum atomic E-state index is -1.23. The van der Waals surface area contributed by atoms with Crippen molar-refractivity contribution >= 4 is 5.97 Å². The largest absolute Gasteiger partial charge is 0.477 e. The zero-order valence-corrected chi connectivity index (χ0v) is 9.33. The van der Waals surface area contributed by atoms with E-state index in [9.17, 15) is 9.59 Å². The number of ether oxygens (including phenoxy) is 1. The lowest BCUT2D eigenvalue weighted by atomic mass is 10.0. The van der Waals surface area contributed by atoms with E-state index in [1.165, 1.54) is 12.5 Å². The van der Waals surface area contributed by atoms with E-state index in [-0.39, 0.29) is 5.56 Å². The van der Waals surface area contributed by atoms with Gasteiger partial charge in [0.1, 0.15) is 5.56 Å². The molecule has 0 spiro atoms. The Morgan fingerprint density at radius 3 is 2.88 bits per heavy atom. The Bertz CT molecular complexity index is 463. The minimum Gasteiger partial charge on any atom is -0.477 e. The summed E-state index contributed by atoms with van der Waals surface area (Å²) in [5, 5.41) is 8.82. The predicted octanol–water partition coefficient (Wildman–Crippen LogP) is 0.368. The topological polar surface area (TPSA) is 81.4 Å². The van der Waals surface area contributed by atoms with Crippen molar-refractivity contribution in [2.24, 2.45) is 5.92 Å². The van der Waals surface area contributed by atoms with Crippen molar-refractivity contribution in [3.05, 3.63) is 28.4 Å². The molecule has 0 saturated carbocycles. The molecule has 1 aliphatic heterocycles. The highest BCUT2D eigenvalue weighted by Crippen LogP contribution is 2.16. The molecule has 0 atom stereocenters. The highest BCUT2D eigenvalue weighted by molar-refractivity contribution is 5.86. The Balaban J connectivity index is 2.13. The first kappa shape index (κ1) is 11.8. The molecule has 0 bridgehead atoms. The van der Waals surface area contributed by atoms with Crippen LogP contribution < -0.4 is 5.56 Å². The Kier molecular flexibility index (Phi) is 3.53. The number of aromatic nitrogens is 2.